The summed E-state index contributed by atoms with van der Waals surface area (Å²) in [5.41, 5.74) is 0. The summed E-state index contributed by atoms with van der Waals surface area (Å²) in [5, 5.41) is 2.63. The number of rotatable bonds is 5. The predicted molar refractivity (Wildman–Crippen MR) is 54.8 cm³/mol. The average Bonchev–Trinajstić information content (AvgIpc) is 2.02. The van der Waals surface area contributed by atoms with E-state index >= 15 is 0 Å². The predicted octanol–water partition coefficient (Wildman–Crippen LogP) is -0.0992. The highest BCUT2D eigenvalue weighted by Gasteiger charge is 2.06. The van der Waals surface area contributed by atoms with Gasteiger partial charge >= 0.3 is 0 Å². The average molecular weight is 204 g/mol. The molecule has 0 aliphatic heterocycles. The molecular weight excluding hydrogens is 188 g/mol. The Labute approximate surface area is 84.1 Å². The maximum Gasteiger partial charge on any atom is 0.219 e. The highest BCUT2D eigenvalue weighted by molar-refractivity contribution is 7.80. The molecule has 0 bridgehead atoms. The second kappa shape index (κ2) is 6.77. The molecule has 0 spiro atoms. The summed E-state index contributed by atoms with van der Waals surface area (Å²) in [6, 6.07) is 0. The van der Waals surface area contributed by atoms with Crippen LogP contribution in [-0.4, -0.2) is 42.1 Å². The fourth-order valence-corrected chi connectivity index (χ4v) is 1.16. The SMILES string of the molecule is CC(=O)NCCN(CCS)C(C)=O. The fourth-order valence-electron chi connectivity index (χ4n) is 0.914. The van der Waals surface area contributed by atoms with E-state index in [2.05, 4.69) is 17.9 Å². The minimum atomic E-state index is -0.0747. The Morgan fingerprint density at radius 3 is 2.31 bits per heavy atom. The van der Waals surface area contributed by atoms with Crippen LogP contribution in [0.4, 0.5) is 0 Å². The molecule has 0 heterocycles. The van der Waals surface area contributed by atoms with Gasteiger partial charge < -0.3 is 10.2 Å². The van der Waals surface area contributed by atoms with Crippen molar-refractivity contribution >= 4 is 24.4 Å². The first-order chi connectivity index (χ1) is 6.07. The van der Waals surface area contributed by atoms with E-state index in [1.807, 2.05) is 0 Å². The number of amides is 2. The quantitative estimate of drug-likeness (QED) is 0.614. The molecule has 0 aromatic heterocycles. The summed E-state index contributed by atoms with van der Waals surface area (Å²) in [6.45, 7) is 4.64. The van der Waals surface area contributed by atoms with E-state index in [9.17, 15) is 9.59 Å². The summed E-state index contributed by atoms with van der Waals surface area (Å²) < 4.78 is 0. The number of carbonyl (C=O) groups is 2. The van der Waals surface area contributed by atoms with Crippen molar-refractivity contribution in [1.29, 1.82) is 0 Å². The molecule has 1 N–H and O–H groups in total. The van der Waals surface area contributed by atoms with E-state index in [1.165, 1.54) is 13.8 Å². The molecular formula is C8H16N2O2S. The lowest BCUT2D eigenvalue weighted by atomic mass is 10.4. The Hall–Kier alpha value is -0.710. The van der Waals surface area contributed by atoms with Crippen molar-refractivity contribution in [2.24, 2.45) is 0 Å². The van der Waals surface area contributed by atoms with Gasteiger partial charge in [-0.2, -0.15) is 12.6 Å². The monoisotopic (exact) mass is 204 g/mol. The zero-order chi connectivity index (χ0) is 10.3. The Morgan fingerprint density at radius 1 is 1.31 bits per heavy atom. The normalized spacial score (nSPS) is 9.46. The molecule has 0 fully saturated rings. The Balaban J connectivity index is 3.69. The van der Waals surface area contributed by atoms with E-state index in [0.717, 1.165) is 0 Å². The van der Waals surface area contributed by atoms with Crippen LogP contribution in [0.25, 0.3) is 0 Å². The zero-order valence-electron chi connectivity index (χ0n) is 8.04. The van der Waals surface area contributed by atoms with Crippen LogP contribution in [0.1, 0.15) is 13.8 Å². The standard InChI is InChI=1S/C8H16N2O2S/c1-7(11)9-3-4-10(5-6-13)8(2)12/h13H,3-6H2,1-2H3,(H,9,11). The molecule has 0 aromatic carbocycles. The van der Waals surface area contributed by atoms with Crippen LogP contribution >= 0.6 is 12.6 Å². The van der Waals surface area contributed by atoms with Crippen LogP contribution in [0.2, 0.25) is 0 Å². The topological polar surface area (TPSA) is 49.4 Å². The summed E-state index contributed by atoms with van der Waals surface area (Å²) in [4.78, 5) is 23.2. The molecule has 13 heavy (non-hydrogen) atoms. The molecule has 0 rings (SSSR count). The van der Waals surface area contributed by atoms with Crippen molar-refractivity contribution in [2.75, 3.05) is 25.4 Å². The largest absolute Gasteiger partial charge is 0.355 e. The van der Waals surface area contributed by atoms with Gasteiger partial charge in [0.05, 0.1) is 0 Å². The Morgan fingerprint density at radius 2 is 1.92 bits per heavy atom. The van der Waals surface area contributed by atoms with E-state index in [-0.39, 0.29) is 11.8 Å². The van der Waals surface area contributed by atoms with Gasteiger partial charge in [0.25, 0.3) is 0 Å². The van der Waals surface area contributed by atoms with Gasteiger partial charge in [0.2, 0.25) is 11.8 Å². The number of hydrogen-bond donors (Lipinski definition) is 2. The minimum Gasteiger partial charge on any atom is -0.355 e. The molecule has 0 aliphatic carbocycles. The molecule has 0 aliphatic rings. The number of nitrogens with zero attached hydrogens (tertiary/aromatic N) is 1. The summed E-state index contributed by atoms with van der Waals surface area (Å²) >= 11 is 4.04. The lowest BCUT2D eigenvalue weighted by Gasteiger charge is -2.19. The summed E-state index contributed by atoms with van der Waals surface area (Å²) in [7, 11) is 0. The number of carbonyl (C=O) groups excluding carboxylic acids is 2. The molecule has 0 saturated carbocycles. The molecule has 0 unspecified atom stereocenters. The first-order valence-corrected chi connectivity index (χ1v) is 4.82. The summed E-state index contributed by atoms with van der Waals surface area (Å²) in [5.74, 6) is 0.577. The molecule has 0 saturated heterocycles. The molecule has 0 atom stereocenters. The van der Waals surface area contributed by atoms with Gasteiger partial charge in [0.15, 0.2) is 0 Å². The van der Waals surface area contributed by atoms with Gasteiger partial charge in [0.1, 0.15) is 0 Å². The van der Waals surface area contributed by atoms with Gasteiger partial charge in [-0.15, -0.1) is 0 Å². The van der Waals surface area contributed by atoms with Crippen molar-refractivity contribution in [1.82, 2.24) is 10.2 Å². The third-order valence-electron chi connectivity index (χ3n) is 1.57. The van der Waals surface area contributed by atoms with Crippen molar-refractivity contribution in [3.8, 4) is 0 Å². The van der Waals surface area contributed by atoms with Crippen molar-refractivity contribution < 1.29 is 9.59 Å². The van der Waals surface area contributed by atoms with E-state index < -0.39 is 0 Å². The van der Waals surface area contributed by atoms with Crippen molar-refractivity contribution in [2.45, 2.75) is 13.8 Å². The number of nitrogens with one attached hydrogen (secondary N) is 1. The van der Waals surface area contributed by atoms with Crippen LogP contribution < -0.4 is 5.32 Å². The van der Waals surface area contributed by atoms with Crippen LogP contribution in [0.15, 0.2) is 0 Å². The highest BCUT2D eigenvalue weighted by Crippen LogP contribution is 1.89. The Kier molecular flexibility index (Phi) is 6.40. The van der Waals surface area contributed by atoms with E-state index in [1.54, 1.807) is 4.90 Å². The molecule has 5 heteroatoms. The van der Waals surface area contributed by atoms with Gasteiger partial charge in [-0.1, -0.05) is 0 Å². The molecule has 76 valence electrons. The second-order valence-corrected chi connectivity index (χ2v) is 3.16. The molecule has 2 amide bonds. The Bertz CT molecular complexity index is 185. The summed E-state index contributed by atoms with van der Waals surface area (Å²) in [6.07, 6.45) is 0. The van der Waals surface area contributed by atoms with Gasteiger partial charge in [0, 0.05) is 39.2 Å². The molecule has 4 nitrogen and oxygen atoms in total. The maximum atomic E-state index is 11.0. The van der Waals surface area contributed by atoms with E-state index in [0.29, 0.717) is 25.4 Å². The fraction of sp³-hybridized carbons (Fsp3) is 0.750. The third-order valence-corrected chi connectivity index (χ3v) is 1.77. The maximum absolute atomic E-state index is 11.0. The highest BCUT2D eigenvalue weighted by atomic mass is 32.1. The van der Waals surface area contributed by atoms with Gasteiger partial charge in [-0.05, 0) is 0 Å². The second-order valence-electron chi connectivity index (χ2n) is 2.71. The smallest absolute Gasteiger partial charge is 0.219 e. The van der Waals surface area contributed by atoms with Gasteiger partial charge in [-0.3, -0.25) is 9.59 Å². The van der Waals surface area contributed by atoms with Crippen LogP contribution in [0.3, 0.4) is 0 Å². The van der Waals surface area contributed by atoms with Crippen LogP contribution in [-0.2, 0) is 9.59 Å². The van der Waals surface area contributed by atoms with Crippen LogP contribution in [0, 0.1) is 0 Å². The molecule has 0 radical (unpaired) electrons. The first kappa shape index (κ1) is 12.3. The number of hydrogen-bond acceptors (Lipinski definition) is 3. The van der Waals surface area contributed by atoms with Gasteiger partial charge in [-0.25, -0.2) is 0 Å². The lowest BCUT2D eigenvalue weighted by molar-refractivity contribution is -0.129. The molecule has 0 aromatic rings. The first-order valence-electron chi connectivity index (χ1n) is 4.18. The third kappa shape index (κ3) is 6.45. The van der Waals surface area contributed by atoms with E-state index in [4.69, 9.17) is 0 Å². The minimum absolute atomic E-state index is 0.0133. The zero-order valence-corrected chi connectivity index (χ0v) is 8.93. The number of thiol groups is 1. The van der Waals surface area contributed by atoms with Crippen LogP contribution in [0.5, 0.6) is 0 Å². The lowest BCUT2D eigenvalue weighted by Crippen LogP contribution is -2.37. The van der Waals surface area contributed by atoms with Crippen molar-refractivity contribution in [3.05, 3.63) is 0 Å². The van der Waals surface area contributed by atoms with Crippen molar-refractivity contribution in [3.63, 3.8) is 0 Å².